The van der Waals surface area contributed by atoms with E-state index in [1.54, 1.807) is 25.1 Å². The molecule has 0 aliphatic carbocycles. The Morgan fingerprint density at radius 1 is 1.11 bits per heavy atom. The lowest BCUT2D eigenvalue weighted by Crippen LogP contribution is -2.48. The zero-order valence-corrected chi connectivity index (χ0v) is 22.8. The molecule has 198 valence electrons. The number of carbonyl (C=O) groups is 1. The summed E-state index contributed by atoms with van der Waals surface area (Å²) in [6, 6.07) is 7.31. The molecule has 0 bridgehead atoms. The first-order chi connectivity index (χ1) is 16.9. The molecule has 0 radical (unpaired) electrons. The van der Waals surface area contributed by atoms with Gasteiger partial charge in [0, 0.05) is 71.6 Å². The fourth-order valence-electron chi connectivity index (χ4n) is 4.18. The Labute approximate surface area is 222 Å². The second kappa shape index (κ2) is 12.3. The number of alkyl halides is 3. The van der Waals surface area contributed by atoms with E-state index in [2.05, 4.69) is 24.1 Å². The molecule has 1 unspecified atom stereocenters. The van der Waals surface area contributed by atoms with Crippen molar-refractivity contribution in [1.29, 1.82) is 0 Å². The molecule has 1 aliphatic heterocycles. The number of nitrogens with zero attached hydrogens (tertiary/aromatic N) is 2. The summed E-state index contributed by atoms with van der Waals surface area (Å²) in [5.41, 5.74) is -0.604. The van der Waals surface area contributed by atoms with Crippen LogP contribution in [0.5, 0.6) is 0 Å². The molecule has 1 saturated heterocycles. The van der Waals surface area contributed by atoms with E-state index >= 15 is 0 Å². The standard InChI is InChI=1S/C25H30Cl2F3N3O2S/c1-4-36(35)23-6-5-19(26)11-18(23)14-31-24(34)17-12-21(25(28,29)30)20(22(27)13-17)15-32-7-9-33(10-8-32)16(2)3/h5-6,11-13,16H,4,7-10,14-15H2,1-3H3,(H,31,34). The molecule has 1 aliphatic rings. The van der Waals surface area contributed by atoms with Crippen LogP contribution in [0.3, 0.4) is 0 Å². The molecule has 36 heavy (non-hydrogen) atoms. The van der Waals surface area contributed by atoms with E-state index in [4.69, 9.17) is 23.2 Å². The predicted octanol–water partition coefficient (Wildman–Crippen LogP) is 5.60. The Morgan fingerprint density at radius 3 is 2.36 bits per heavy atom. The van der Waals surface area contributed by atoms with Gasteiger partial charge in [-0.25, -0.2) is 0 Å². The van der Waals surface area contributed by atoms with E-state index in [1.807, 2.05) is 4.90 Å². The van der Waals surface area contributed by atoms with Crippen molar-refractivity contribution < 1.29 is 22.2 Å². The minimum atomic E-state index is -4.67. The van der Waals surface area contributed by atoms with Gasteiger partial charge in [-0.3, -0.25) is 18.8 Å². The Balaban J connectivity index is 1.81. The van der Waals surface area contributed by atoms with Crippen LogP contribution < -0.4 is 5.32 Å². The zero-order chi connectivity index (χ0) is 26.6. The van der Waals surface area contributed by atoms with E-state index in [9.17, 15) is 22.2 Å². The molecule has 1 atom stereocenters. The van der Waals surface area contributed by atoms with Gasteiger partial charge in [0.15, 0.2) is 0 Å². The first-order valence-corrected chi connectivity index (χ1v) is 13.8. The van der Waals surface area contributed by atoms with Crippen LogP contribution in [0.15, 0.2) is 35.2 Å². The molecule has 0 aromatic heterocycles. The second-order valence-electron chi connectivity index (χ2n) is 8.96. The average molecular weight is 565 g/mol. The van der Waals surface area contributed by atoms with E-state index in [0.717, 1.165) is 19.2 Å². The molecule has 2 aromatic rings. The fourth-order valence-corrected chi connectivity index (χ4v) is 5.61. The van der Waals surface area contributed by atoms with Gasteiger partial charge in [-0.15, -0.1) is 0 Å². The van der Waals surface area contributed by atoms with Crippen LogP contribution in [-0.2, 0) is 30.1 Å². The molecule has 1 fully saturated rings. The molecule has 1 heterocycles. The van der Waals surface area contributed by atoms with Crippen molar-refractivity contribution in [2.45, 2.75) is 51.0 Å². The van der Waals surface area contributed by atoms with Crippen molar-refractivity contribution in [3.05, 3.63) is 62.6 Å². The lowest BCUT2D eigenvalue weighted by Gasteiger charge is -2.37. The van der Waals surface area contributed by atoms with Crippen molar-refractivity contribution in [2.24, 2.45) is 0 Å². The monoisotopic (exact) mass is 563 g/mol. The summed E-state index contributed by atoms with van der Waals surface area (Å²) in [5, 5.41) is 2.91. The molecular formula is C25H30Cl2F3N3O2S. The Morgan fingerprint density at radius 2 is 1.78 bits per heavy atom. The highest BCUT2D eigenvalue weighted by molar-refractivity contribution is 7.85. The Bertz CT molecular complexity index is 1120. The highest BCUT2D eigenvalue weighted by Crippen LogP contribution is 2.37. The lowest BCUT2D eigenvalue weighted by molar-refractivity contribution is -0.138. The summed E-state index contributed by atoms with van der Waals surface area (Å²) in [6.07, 6.45) is -4.67. The predicted molar refractivity (Wildman–Crippen MR) is 138 cm³/mol. The number of piperazine rings is 1. The summed E-state index contributed by atoms with van der Waals surface area (Å²) in [5.74, 6) is -0.339. The van der Waals surface area contributed by atoms with Gasteiger partial charge in [0.25, 0.3) is 5.91 Å². The molecule has 1 N–H and O–H groups in total. The first-order valence-electron chi connectivity index (χ1n) is 11.7. The Hall–Kier alpha value is -1.65. The summed E-state index contributed by atoms with van der Waals surface area (Å²) < 4.78 is 54.3. The zero-order valence-electron chi connectivity index (χ0n) is 20.4. The maximum Gasteiger partial charge on any atom is 0.416 e. The summed E-state index contributed by atoms with van der Waals surface area (Å²) >= 11 is 12.4. The van der Waals surface area contributed by atoms with Gasteiger partial charge in [-0.05, 0) is 55.3 Å². The third-order valence-electron chi connectivity index (χ3n) is 6.25. The molecule has 2 aromatic carbocycles. The van der Waals surface area contributed by atoms with Crippen molar-refractivity contribution in [2.75, 3.05) is 31.9 Å². The minimum Gasteiger partial charge on any atom is -0.348 e. The van der Waals surface area contributed by atoms with Crippen LogP contribution in [0, 0.1) is 0 Å². The SMILES string of the molecule is CCS(=O)c1ccc(Cl)cc1CNC(=O)c1cc(Cl)c(CN2CCN(C(C)C)CC2)c(C(F)(F)F)c1. The number of hydrogen-bond acceptors (Lipinski definition) is 4. The summed E-state index contributed by atoms with van der Waals surface area (Å²) in [6.45, 7) is 8.77. The van der Waals surface area contributed by atoms with Crippen LogP contribution in [0.2, 0.25) is 10.0 Å². The summed E-state index contributed by atoms with van der Waals surface area (Å²) in [4.78, 5) is 17.6. The number of amides is 1. The first kappa shape index (κ1) is 28.9. The highest BCUT2D eigenvalue weighted by atomic mass is 35.5. The van der Waals surface area contributed by atoms with Crippen LogP contribution in [0.4, 0.5) is 13.2 Å². The smallest absolute Gasteiger partial charge is 0.348 e. The average Bonchev–Trinajstić information content (AvgIpc) is 2.82. The van der Waals surface area contributed by atoms with Gasteiger partial charge in [-0.2, -0.15) is 13.2 Å². The van der Waals surface area contributed by atoms with Crippen molar-refractivity contribution >= 4 is 39.9 Å². The maximum absolute atomic E-state index is 14.0. The molecule has 0 saturated carbocycles. The molecular weight excluding hydrogens is 534 g/mol. The minimum absolute atomic E-state index is 0.0332. The number of hydrogen-bond donors (Lipinski definition) is 1. The van der Waals surface area contributed by atoms with Gasteiger partial charge < -0.3 is 5.32 Å². The maximum atomic E-state index is 14.0. The molecule has 5 nitrogen and oxygen atoms in total. The van der Waals surface area contributed by atoms with Crippen LogP contribution in [0.1, 0.15) is 47.8 Å². The number of carbonyl (C=O) groups excluding carboxylic acids is 1. The van der Waals surface area contributed by atoms with Crippen molar-refractivity contribution in [3.63, 3.8) is 0 Å². The van der Waals surface area contributed by atoms with E-state index in [-0.39, 0.29) is 29.2 Å². The molecule has 11 heteroatoms. The topological polar surface area (TPSA) is 52.7 Å². The van der Waals surface area contributed by atoms with Crippen LogP contribution in [-0.4, -0.2) is 57.9 Å². The van der Waals surface area contributed by atoms with Gasteiger partial charge >= 0.3 is 6.18 Å². The van der Waals surface area contributed by atoms with Crippen LogP contribution in [0.25, 0.3) is 0 Å². The Kier molecular flexibility index (Phi) is 9.85. The van der Waals surface area contributed by atoms with Gasteiger partial charge in [0.1, 0.15) is 0 Å². The van der Waals surface area contributed by atoms with Gasteiger partial charge in [-0.1, -0.05) is 30.1 Å². The number of rotatable bonds is 8. The van der Waals surface area contributed by atoms with E-state index in [1.165, 1.54) is 6.07 Å². The quantitative estimate of drug-likeness (QED) is 0.454. The third-order valence-corrected chi connectivity index (χ3v) is 8.24. The van der Waals surface area contributed by atoms with E-state index < -0.39 is 28.4 Å². The van der Waals surface area contributed by atoms with Gasteiger partial charge in [0.2, 0.25) is 0 Å². The largest absolute Gasteiger partial charge is 0.416 e. The highest BCUT2D eigenvalue weighted by Gasteiger charge is 2.36. The fraction of sp³-hybridized carbons (Fsp3) is 0.480. The molecule has 0 spiro atoms. The number of halogens is 5. The summed E-state index contributed by atoms with van der Waals surface area (Å²) in [7, 11) is -1.29. The second-order valence-corrected chi connectivity index (χ2v) is 11.5. The molecule has 1 amide bonds. The lowest BCUT2D eigenvalue weighted by atomic mass is 10.0. The van der Waals surface area contributed by atoms with Crippen LogP contribution >= 0.6 is 23.2 Å². The molecule has 3 rings (SSSR count). The third kappa shape index (κ3) is 7.22. The van der Waals surface area contributed by atoms with Crippen molar-refractivity contribution in [1.82, 2.24) is 15.1 Å². The van der Waals surface area contributed by atoms with Crippen molar-refractivity contribution in [3.8, 4) is 0 Å². The number of nitrogens with one attached hydrogen (secondary N) is 1. The normalized spacial score (nSPS) is 16.4. The van der Waals surface area contributed by atoms with Gasteiger partial charge in [0.05, 0.1) is 16.4 Å². The van der Waals surface area contributed by atoms with E-state index in [0.29, 0.717) is 40.4 Å². The number of benzene rings is 2.